The number of rotatable bonds is 17. The highest BCUT2D eigenvalue weighted by Gasteiger charge is 2.20. The molecule has 1 aromatic carbocycles. The van der Waals surface area contributed by atoms with Gasteiger partial charge in [-0.3, -0.25) is 0 Å². The number of unbranched alkanes of at least 4 members (excludes halogenated alkanes) is 8. The molecule has 2 atom stereocenters. The first-order chi connectivity index (χ1) is 15.6. The second-order valence-electron chi connectivity index (χ2n) is 8.65. The van der Waals surface area contributed by atoms with E-state index in [1.165, 1.54) is 75.7 Å². The van der Waals surface area contributed by atoms with Crippen LogP contribution in [-0.4, -0.2) is 28.9 Å². The van der Waals surface area contributed by atoms with Gasteiger partial charge >= 0.3 is 0 Å². The summed E-state index contributed by atoms with van der Waals surface area (Å²) >= 11 is 0. The summed E-state index contributed by atoms with van der Waals surface area (Å²) in [6.07, 6.45) is 13.9. The minimum atomic E-state index is -1.63. The fourth-order valence-electron chi connectivity index (χ4n) is 3.74. The van der Waals surface area contributed by atoms with Crippen LogP contribution in [0.15, 0.2) is 36.7 Å². The third-order valence-electron chi connectivity index (χ3n) is 5.78. The van der Waals surface area contributed by atoms with Gasteiger partial charge in [0.2, 0.25) is 0 Å². The number of hydrogen-bond acceptors (Lipinski definition) is 3. The summed E-state index contributed by atoms with van der Waals surface area (Å²) in [5.74, 6) is 0.945. The molecule has 0 amide bonds. The molecule has 0 aliphatic heterocycles. The number of benzene rings is 1. The third-order valence-corrected chi connectivity index (χ3v) is 5.78. The van der Waals surface area contributed by atoms with Crippen LogP contribution in [0.4, 0.5) is 8.78 Å². The summed E-state index contributed by atoms with van der Waals surface area (Å²) in [6.45, 7) is 3.77. The van der Waals surface area contributed by atoms with E-state index in [4.69, 9.17) is 4.74 Å². The minimum Gasteiger partial charge on any atom is -0.487 e. The van der Waals surface area contributed by atoms with Crippen LogP contribution >= 0.6 is 0 Å². The number of ether oxygens (including phenoxy) is 1. The zero-order valence-electron chi connectivity index (χ0n) is 19.9. The molecule has 32 heavy (non-hydrogen) atoms. The van der Waals surface area contributed by atoms with Crippen molar-refractivity contribution in [3.8, 4) is 17.1 Å². The molecule has 0 bridgehead atoms. The highest BCUT2D eigenvalue weighted by Crippen LogP contribution is 2.20. The monoisotopic (exact) mass is 446 g/mol. The summed E-state index contributed by atoms with van der Waals surface area (Å²) in [7, 11) is 0. The predicted octanol–water partition coefficient (Wildman–Crippen LogP) is 8.07. The summed E-state index contributed by atoms with van der Waals surface area (Å²) in [4.78, 5) is 8.62. The van der Waals surface area contributed by atoms with E-state index in [1.807, 2.05) is 19.1 Å². The Balaban J connectivity index is 1.69. The second kappa shape index (κ2) is 15.7. The summed E-state index contributed by atoms with van der Waals surface area (Å²) in [6, 6.07) is 8.34. The Morgan fingerprint density at radius 2 is 1.34 bits per heavy atom. The summed E-state index contributed by atoms with van der Waals surface area (Å²) in [5, 5.41) is 0. The van der Waals surface area contributed by atoms with Gasteiger partial charge in [-0.25, -0.2) is 18.7 Å². The summed E-state index contributed by atoms with van der Waals surface area (Å²) in [5.41, 5.74) is 2.26. The van der Waals surface area contributed by atoms with Gasteiger partial charge in [0.15, 0.2) is 17.7 Å². The van der Waals surface area contributed by atoms with Crippen molar-refractivity contribution in [2.24, 2.45) is 0 Å². The Bertz CT molecular complexity index is 721. The topological polar surface area (TPSA) is 35.0 Å². The molecule has 0 fully saturated rings. The van der Waals surface area contributed by atoms with Crippen molar-refractivity contribution in [1.82, 2.24) is 9.97 Å². The Kier molecular flexibility index (Phi) is 12.9. The van der Waals surface area contributed by atoms with Gasteiger partial charge in [-0.05, 0) is 24.8 Å². The zero-order valence-corrected chi connectivity index (χ0v) is 19.9. The number of alkyl halides is 2. The molecule has 5 heteroatoms. The smallest absolute Gasteiger partial charge is 0.165 e. The molecule has 1 heterocycles. The van der Waals surface area contributed by atoms with Crippen LogP contribution in [0.3, 0.4) is 0 Å². The molecule has 0 aliphatic rings. The third kappa shape index (κ3) is 10.1. The lowest BCUT2D eigenvalue weighted by molar-refractivity contribution is 0.102. The van der Waals surface area contributed by atoms with Crippen LogP contribution in [0.25, 0.3) is 11.4 Å². The maximum Gasteiger partial charge on any atom is 0.165 e. The largest absolute Gasteiger partial charge is 0.487 e. The van der Waals surface area contributed by atoms with Crippen molar-refractivity contribution < 1.29 is 13.5 Å². The van der Waals surface area contributed by atoms with Gasteiger partial charge in [-0.1, -0.05) is 95.9 Å². The van der Waals surface area contributed by atoms with Crippen LogP contribution < -0.4 is 4.74 Å². The average molecular weight is 447 g/mol. The fourth-order valence-corrected chi connectivity index (χ4v) is 3.74. The van der Waals surface area contributed by atoms with Crippen molar-refractivity contribution in [3.05, 3.63) is 42.2 Å². The first kappa shape index (κ1) is 26.2. The van der Waals surface area contributed by atoms with Crippen molar-refractivity contribution in [2.75, 3.05) is 6.61 Å². The minimum absolute atomic E-state index is 0.203. The highest BCUT2D eigenvalue weighted by atomic mass is 19.2. The van der Waals surface area contributed by atoms with E-state index in [1.54, 1.807) is 0 Å². The molecule has 1 aromatic heterocycles. The predicted molar refractivity (Wildman–Crippen MR) is 129 cm³/mol. The van der Waals surface area contributed by atoms with E-state index in [0.717, 1.165) is 12.0 Å². The lowest BCUT2D eigenvalue weighted by Gasteiger charge is -2.13. The van der Waals surface area contributed by atoms with Crippen molar-refractivity contribution in [1.29, 1.82) is 0 Å². The normalized spacial score (nSPS) is 13.1. The fraction of sp³-hybridized carbons (Fsp3) is 0.630. The molecule has 3 nitrogen and oxygen atoms in total. The van der Waals surface area contributed by atoms with Crippen molar-refractivity contribution >= 4 is 0 Å². The van der Waals surface area contributed by atoms with Crippen LogP contribution in [0.5, 0.6) is 5.75 Å². The second-order valence-corrected chi connectivity index (χ2v) is 8.65. The van der Waals surface area contributed by atoms with Crippen LogP contribution in [0.2, 0.25) is 0 Å². The van der Waals surface area contributed by atoms with Gasteiger partial charge in [0.05, 0.1) is 12.4 Å². The molecule has 0 saturated carbocycles. The quantitative estimate of drug-likeness (QED) is 0.230. The number of halogens is 2. The van der Waals surface area contributed by atoms with Crippen LogP contribution in [-0.2, 0) is 6.42 Å². The van der Waals surface area contributed by atoms with E-state index in [0.29, 0.717) is 18.0 Å². The van der Waals surface area contributed by atoms with E-state index in [2.05, 4.69) is 29.0 Å². The molecular weight excluding hydrogens is 406 g/mol. The maximum atomic E-state index is 13.7. The molecular formula is C27H40F2N2O. The van der Waals surface area contributed by atoms with Gasteiger partial charge in [0.1, 0.15) is 12.8 Å². The standard InChI is InChI=1S/C27H40F2N2O/c1-3-5-6-7-8-9-10-11-12-14-22-15-17-23(18-16-22)27-30-19-24(20-31-27)32-21-26(29)25(28)13-4-2/h15-20,25-26H,3-14,21H2,1-2H3. The SMILES string of the molecule is CCCCCCCCCCCc1ccc(-c2ncc(OCC(F)C(F)CCC)cn2)cc1. The Morgan fingerprint density at radius 3 is 1.94 bits per heavy atom. The molecule has 0 spiro atoms. The van der Waals surface area contributed by atoms with E-state index in [-0.39, 0.29) is 13.0 Å². The molecule has 0 saturated heterocycles. The molecule has 2 aromatic rings. The lowest BCUT2D eigenvalue weighted by Crippen LogP contribution is -2.24. The number of aromatic nitrogens is 2. The maximum absolute atomic E-state index is 13.7. The van der Waals surface area contributed by atoms with Crippen molar-refractivity contribution in [2.45, 2.75) is 103 Å². The zero-order chi connectivity index (χ0) is 23.0. The van der Waals surface area contributed by atoms with Crippen molar-refractivity contribution in [3.63, 3.8) is 0 Å². The average Bonchev–Trinajstić information content (AvgIpc) is 2.82. The number of nitrogens with zero attached hydrogens (tertiary/aromatic N) is 2. The Hall–Kier alpha value is -2.04. The Labute approximate surface area is 193 Å². The van der Waals surface area contributed by atoms with Gasteiger partial charge < -0.3 is 4.74 Å². The number of hydrogen-bond donors (Lipinski definition) is 0. The van der Waals surface area contributed by atoms with Gasteiger partial charge in [0, 0.05) is 5.56 Å². The molecule has 0 radical (unpaired) electrons. The van der Waals surface area contributed by atoms with Gasteiger partial charge in [-0.2, -0.15) is 0 Å². The molecule has 0 aliphatic carbocycles. The van der Waals surface area contributed by atoms with E-state index >= 15 is 0 Å². The molecule has 2 unspecified atom stereocenters. The number of aryl methyl sites for hydroxylation is 1. The van der Waals surface area contributed by atoms with Gasteiger partial charge in [-0.15, -0.1) is 0 Å². The van der Waals surface area contributed by atoms with E-state index in [9.17, 15) is 8.78 Å². The van der Waals surface area contributed by atoms with Crippen LogP contribution in [0.1, 0.15) is 90.0 Å². The van der Waals surface area contributed by atoms with Gasteiger partial charge in [0.25, 0.3) is 0 Å². The molecule has 2 rings (SSSR count). The molecule has 0 N–H and O–H groups in total. The van der Waals surface area contributed by atoms with E-state index < -0.39 is 12.3 Å². The molecule has 178 valence electrons. The van der Waals surface area contributed by atoms with Crippen LogP contribution in [0, 0.1) is 0 Å². The highest BCUT2D eigenvalue weighted by molar-refractivity contribution is 5.55. The lowest BCUT2D eigenvalue weighted by atomic mass is 10.0. The Morgan fingerprint density at radius 1 is 0.750 bits per heavy atom. The first-order valence-corrected chi connectivity index (χ1v) is 12.5. The first-order valence-electron chi connectivity index (χ1n) is 12.5. The summed E-state index contributed by atoms with van der Waals surface area (Å²) < 4.78 is 32.5.